The second-order valence-electron chi connectivity index (χ2n) is 13.0. The van der Waals surface area contributed by atoms with Gasteiger partial charge in [-0.15, -0.1) is 0 Å². The maximum Gasteiger partial charge on any atom is 1.00 e. The fourth-order valence-electron chi connectivity index (χ4n) is 5.17. The first-order valence-electron chi connectivity index (χ1n) is 20.8. The van der Waals surface area contributed by atoms with Gasteiger partial charge in [0.15, 0.2) is 0 Å². The fraction of sp³-hybridized carbons (Fsp3) is 1.00. The summed E-state index contributed by atoms with van der Waals surface area (Å²) in [5.41, 5.74) is 0. The van der Waals surface area contributed by atoms with Crippen LogP contribution in [0.25, 0.3) is 0 Å². The van der Waals surface area contributed by atoms with Gasteiger partial charge in [0, 0.05) is 19.0 Å². The van der Waals surface area contributed by atoms with Crippen molar-refractivity contribution in [1.29, 1.82) is 0 Å². The van der Waals surface area contributed by atoms with Gasteiger partial charge >= 0.3 is 29.6 Å². The van der Waals surface area contributed by atoms with Gasteiger partial charge in [0.1, 0.15) is 0 Å². The monoisotopic (exact) mass is 811 g/mol. The molecule has 320 valence electrons. The van der Waals surface area contributed by atoms with Gasteiger partial charge in [0.2, 0.25) is 0 Å². The van der Waals surface area contributed by atoms with Crippen LogP contribution in [0.4, 0.5) is 0 Å². The van der Waals surface area contributed by atoms with Crippen molar-refractivity contribution in [3.8, 4) is 0 Å². The van der Waals surface area contributed by atoms with E-state index in [4.69, 9.17) is 47.4 Å². The molecule has 0 aliphatic carbocycles. The number of unbranched alkanes of at least 4 members (excludes halogenated alkanes) is 15. The summed E-state index contributed by atoms with van der Waals surface area (Å²) in [5, 5.41) is 0. The molecular weight excluding hydrogens is 731 g/mol. The fourth-order valence-corrected chi connectivity index (χ4v) is 5.64. The Hall–Kier alpha value is 0.510. The molecule has 0 aromatic rings. The molecule has 0 heterocycles. The molecule has 0 bridgehead atoms. The van der Waals surface area contributed by atoms with Gasteiger partial charge in [-0.25, -0.2) is 8.42 Å². The van der Waals surface area contributed by atoms with E-state index >= 15 is 0 Å². The van der Waals surface area contributed by atoms with Crippen LogP contribution in [0.15, 0.2) is 0 Å². The van der Waals surface area contributed by atoms with Gasteiger partial charge < -0.3 is 51.9 Å². The Labute approximate surface area is 352 Å². The van der Waals surface area contributed by atoms with E-state index < -0.39 is 15.9 Å². The van der Waals surface area contributed by atoms with Gasteiger partial charge in [-0.2, -0.15) is 0 Å². The Morgan fingerprint density at radius 2 is 0.481 bits per heavy atom. The third kappa shape index (κ3) is 54.6. The van der Waals surface area contributed by atoms with Gasteiger partial charge in [-0.05, 0) is 12.8 Å². The number of hydrogen-bond acceptors (Lipinski definition) is 13. The smallest absolute Gasteiger partial charge is 0.748 e. The van der Waals surface area contributed by atoms with Gasteiger partial charge in [-0.3, -0.25) is 0 Å². The van der Waals surface area contributed by atoms with Crippen molar-refractivity contribution in [2.75, 3.05) is 138 Å². The SMILES string of the molecule is CCCCCCCCCCCCCCCCCCOCCOCCOCCOCCOCCOCCOCCOCCOCCOCCCS(=O)(=O)[O-].[Na+]. The van der Waals surface area contributed by atoms with E-state index in [-0.39, 0.29) is 42.6 Å². The van der Waals surface area contributed by atoms with Crippen molar-refractivity contribution >= 4 is 10.1 Å². The molecule has 0 aromatic carbocycles. The molecule has 0 radical (unpaired) electrons. The minimum absolute atomic E-state index is 0. The quantitative estimate of drug-likeness (QED) is 0.0503. The average Bonchev–Trinajstić information content (AvgIpc) is 3.14. The van der Waals surface area contributed by atoms with Crippen LogP contribution in [-0.2, 0) is 57.5 Å². The number of rotatable bonds is 48. The molecule has 0 unspecified atom stereocenters. The Morgan fingerprint density at radius 3 is 0.704 bits per heavy atom. The molecule has 0 saturated heterocycles. The maximum atomic E-state index is 10.5. The normalized spacial score (nSPS) is 11.7. The minimum Gasteiger partial charge on any atom is -0.748 e. The number of ether oxygens (including phenoxy) is 10. The maximum absolute atomic E-state index is 10.5. The first-order valence-corrected chi connectivity index (χ1v) is 22.3. The summed E-state index contributed by atoms with van der Waals surface area (Å²) in [6.45, 7) is 12.2. The van der Waals surface area contributed by atoms with Crippen molar-refractivity contribution < 1.29 is 89.9 Å². The molecule has 0 aliphatic rings. The van der Waals surface area contributed by atoms with Crippen molar-refractivity contribution in [3.63, 3.8) is 0 Å². The Kier molecular flexibility index (Phi) is 52.1. The molecule has 0 N–H and O–H groups in total. The molecule has 13 nitrogen and oxygen atoms in total. The summed E-state index contributed by atoms with van der Waals surface area (Å²) in [5.74, 6) is -0.411. The van der Waals surface area contributed by atoms with E-state index in [0.29, 0.717) is 119 Å². The average molecular weight is 811 g/mol. The van der Waals surface area contributed by atoms with Crippen LogP contribution in [0.2, 0.25) is 0 Å². The molecule has 0 aromatic heterocycles. The zero-order valence-corrected chi connectivity index (χ0v) is 37.4. The molecule has 0 fully saturated rings. The molecular formula is C39H79NaO13S. The Bertz CT molecular complexity index is 784. The second-order valence-corrected chi connectivity index (χ2v) is 14.6. The number of hydrogen-bond donors (Lipinski definition) is 0. The van der Waals surface area contributed by atoms with Crippen molar-refractivity contribution in [2.24, 2.45) is 0 Å². The van der Waals surface area contributed by atoms with Crippen LogP contribution in [-0.4, -0.2) is 151 Å². The summed E-state index contributed by atoms with van der Waals surface area (Å²) in [4.78, 5) is 0. The standard InChI is InChI=1S/C39H80O13S.Na/c1-2-3-4-5-6-7-8-9-10-11-12-13-14-15-16-17-19-43-21-23-45-25-27-47-29-31-49-33-35-51-37-38-52-36-34-50-32-30-48-28-26-46-24-22-44-20-18-39-53(40,41)42;/h2-39H2,1H3,(H,40,41,42);/q;+1/p-1. The zero-order chi connectivity index (χ0) is 38.4. The summed E-state index contributed by atoms with van der Waals surface area (Å²) in [6.07, 6.45) is 22.3. The molecule has 15 heteroatoms. The van der Waals surface area contributed by atoms with E-state index in [1.165, 1.54) is 96.3 Å². The third-order valence-corrected chi connectivity index (χ3v) is 8.96. The first kappa shape index (κ1) is 56.6. The van der Waals surface area contributed by atoms with Crippen LogP contribution in [0.5, 0.6) is 0 Å². The molecule has 0 atom stereocenters. The molecule has 0 saturated carbocycles. The van der Waals surface area contributed by atoms with Gasteiger partial charge in [-0.1, -0.05) is 103 Å². The summed E-state index contributed by atoms with van der Waals surface area (Å²) in [7, 11) is -4.17. The molecule has 0 spiro atoms. The second kappa shape index (κ2) is 49.7. The Balaban J connectivity index is 0. The minimum atomic E-state index is -4.17. The van der Waals surface area contributed by atoms with Crippen molar-refractivity contribution in [3.05, 3.63) is 0 Å². The summed E-state index contributed by atoms with van der Waals surface area (Å²) < 4.78 is 86.0. The van der Waals surface area contributed by atoms with Crippen LogP contribution < -0.4 is 29.6 Å². The molecule has 0 aliphatic heterocycles. The topological polar surface area (TPSA) is 150 Å². The zero-order valence-electron chi connectivity index (χ0n) is 34.6. The van der Waals surface area contributed by atoms with Crippen molar-refractivity contribution in [2.45, 2.75) is 116 Å². The van der Waals surface area contributed by atoms with Crippen LogP contribution in [0.3, 0.4) is 0 Å². The molecule has 54 heavy (non-hydrogen) atoms. The van der Waals surface area contributed by atoms with E-state index in [1.54, 1.807) is 0 Å². The predicted molar refractivity (Wildman–Crippen MR) is 207 cm³/mol. The molecule has 0 rings (SSSR count). The van der Waals surface area contributed by atoms with Crippen LogP contribution in [0, 0.1) is 0 Å². The largest absolute Gasteiger partial charge is 1.00 e. The van der Waals surface area contributed by atoms with Crippen LogP contribution >= 0.6 is 0 Å². The molecule has 0 amide bonds. The van der Waals surface area contributed by atoms with Crippen molar-refractivity contribution in [1.82, 2.24) is 0 Å². The van der Waals surface area contributed by atoms with E-state index in [9.17, 15) is 13.0 Å². The Morgan fingerprint density at radius 1 is 0.296 bits per heavy atom. The van der Waals surface area contributed by atoms with Crippen LogP contribution in [0.1, 0.15) is 116 Å². The van der Waals surface area contributed by atoms with E-state index in [0.717, 1.165) is 13.0 Å². The summed E-state index contributed by atoms with van der Waals surface area (Å²) in [6, 6.07) is 0. The van der Waals surface area contributed by atoms with E-state index in [2.05, 4.69) is 6.92 Å². The summed E-state index contributed by atoms with van der Waals surface area (Å²) >= 11 is 0. The van der Waals surface area contributed by atoms with Gasteiger partial charge in [0.25, 0.3) is 0 Å². The third-order valence-electron chi connectivity index (χ3n) is 8.17. The predicted octanol–water partition coefficient (Wildman–Crippen LogP) is 3.35. The van der Waals surface area contributed by atoms with E-state index in [1.807, 2.05) is 0 Å². The van der Waals surface area contributed by atoms with Gasteiger partial charge in [0.05, 0.1) is 129 Å². The first-order chi connectivity index (χ1) is 26.1.